The van der Waals surface area contributed by atoms with Gasteiger partial charge in [-0.2, -0.15) is 0 Å². The number of pyridine rings is 1. The first-order valence-corrected chi connectivity index (χ1v) is 10.2. The number of hydrogen-bond donors (Lipinski definition) is 3. The van der Waals surface area contributed by atoms with Crippen LogP contribution >= 0.6 is 0 Å². The van der Waals surface area contributed by atoms with Crippen LogP contribution in [0, 0.1) is 13.8 Å². The van der Waals surface area contributed by atoms with E-state index in [-0.39, 0.29) is 17.3 Å². The lowest BCUT2D eigenvalue weighted by molar-refractivity contribution is 0.318. The van der Waals surface area contributed by atoms with Gasteiger partial charge in [0, 0.05) is 22.9 Å². The van der Waals surface area contributed by atoms with Gasteiger partial charge in [-0.25, -0.2) is 0 Å². The molecule has 0 fully saturated rings. The van der Waals surface area contributed by atoms with E-state index in [4.69, 9.17) is 15.4 Å². The first-order chi connectivity index (χ1) is 15.4. The normalized spacial score (nSPS) is 12.7. The molecule has 0 radical (unpaired) electrons. The molecule has 2 aromatic carbocycles. The second kappa shape index (κ2) is 8.55. The van der Waals surface area contributed by atoms with Crippen molar-refractivity contribution in [2.24, 2.45) is 10.9 Å². The number of fused-ring (bicyclic) bond motifs is 1. The maximum atomic E-state index is 13.2. The summed E-state index contributed by atoms with van der Waals surface area (Å²) < 4.78 is 6.36. The van der Waals surface area contributed by atoms with Crippen LogP contribution in [0.1, 0.15) is 35.3 Å². The van der Waals surface area contributed by atoms with Gasteiger partial charge in [-0.1, -0.05) is 41.6 Å². The molecule has 1 atom stereocenters. The van der Waals surface area contributed by atoms with Gasteiger partial charge in [0.05, 0.1) is 17.1 Å². The predicted molar refractivity (Wildman–Crippen MR) is 126 cm³/mol. The molecular formula is C25H24N4O3. The second-order valence-electron chi connectivity index (χ2n) is 7.73. The summed E-state index contributed by atoms with van der Waals surface area (Å²) in [6, 6.07) is 16.7. The smallest absolute Gasteiger partial charge is 0.196 e. The van der Waals surface area contributed by atoms with Crippen LogP contribution in [0.5, 0.6) is 0 Å². The summed E-state index contributed by atoms with van der Waals surface area (Å²) in [6.45, 7) is 5.69. The van der Waals surface area contributed by atoms with Gasteiger partial charge < -0.3 is 20.7 Å². The number of benzene rings is 2. The molecule has 2 aromatic heterocycles. The van der Waals surface area contributed by atoms with Crippen LogP contribution in [0.2, 0.25) is 0 Å². The third kappa shape index (κ3) is 3.80. The van der Waals surface area contributed by atoms with Gasteiger partial charge in [-0.15, -0.1) is 0 Å². The average Bonchev–Trinajstić information content (AvgIpc) is 2.81. The lowest BCUT2D eigenvalue weighted by Gasteiger charge is -2.20. The van der Waals surface area contributed by atoms with Crippen LogP contribution < -0.4 is 16.5 Å². The molecule has 0 spiro atoms. The van der Waals surface area contributed by atoms with Crippen LogP contribution in [0.4, 0.5) is 5.69 Å². The Labute approximate surface area is 185 Å². The maximum absolute atomic E-state index is 13.2. The maximum Gasteiger partial charge on any atom is 0.196 e. The van der Waals surface area contributed by atoms with E-state index in [1.54, 1.807) is 25.3 Å². The summed E-state index contributed by atoms with van der Waals surface area (Å²) >= 11 is 0. The summed E-state index contributed by atoms with van der Waals surface area (Å²) in [5, 5.41) is 16.0. The molecule has 0 unspecified atom stereocenters. The van der Waals surface area contributed by atoms with Crippen molar-refractivity contribution in [1.29, 1.82) is 0 Å². The predicted octanol–water partition coefficient (Wildman–Crippen LogP) is 4.74. The van der Waals surface area contributed by atoms with Gasteiger partial charge in [0.15, 0.2) is 11.3 Å². The average molecular weight is 428 g/mol. The number of oxime groups is 1. The largest absolute Gasteiger partial charge is 0.455 e. The van der Waals surface area contributed by atoms with Crippen molar-refractivity contribution in [1.82, 2.24) is 4.98 Å². The number of nitrogens with zero attached hydrogens (tertiary/aromatic N) is 2. The first kappa shape index (κ1) is 21.1. The van der Waals surface area contributed by atoms with Gasteiger partial charge in [-0.05, 0) is 44.5 Å². The van der Waals surface area contributed by atoms with Crippen LogP contribution in [0.25, 0.3) is 22.3 Å². The minimum Gasteiger partial charge on any atom is -0.455 e. The number of aryl methyl sites for hydroxylation is 1. The summed E-state index contributed by atoms with van der Waals surface area (Å²) in [5.41, 5.74) is 10.4. The van der Waals surface area contributed by atoms with E-state index in [2.05, 4.69) is 15.5 Å². The molecule has 162 valence electrons. The zero-order valence-corrected chi connectivity index (χ0v) is 18.1. The third-order valence-corrected chi connectivity index (χ3v) is 5.42. The molecule has 0 aliphatic heterocycles. The number of nitrogens with one attached hydrogen (secondary N) is 1. The molecule has 0 saturated carbocycles. The summed E-state index contributed by atoms with van der Waals surface area (Å²) in [7, 11) is 0. The van der Waals surface area contributed by atoms with E-state index >= 15 is 0 Å². The molecule has 7 nitrogen and oxygen atoms in total. The van der Waals surface area contributed by atoms with Crippen molar-refractivity contribution in [2.45, 2.75) is 26.8 Å². The van der Waals surface area contributed by atoms with Gasteiger partial charge in [-0.3, -0.25) is 9.78 Å². The van der Waals surface area contributed by atoms with E-state index in [1.165, 1.54) is 0 Å². The molecule has 0 aliphatic carbocycles. The molecule has 0 saturated heterocycles. The first-order valence-electron chi connectivity index (χ1n) is 10.2. The van der Waals surface area contributed by atoms with Crippen molar-refractivity contribution >= 4 is 22.5 Å². The quantitative estimate of drug-likeness (QED) is 0.183. The summed E-state index contributed by atoms with van der Waals surface area (Å²) in [4.78, 5) is 17.4. The Morgan fingerprint density at radius 3 is 2.62 bits per heavy atom. The Kier molecular flexibility index (Phi) is 5.64. The van der Waals surface area contributed by atoms with Crippen molar-refractivity contribution in [3.05, 3.63) is 93.4 Å². The highest BCUT2D eigenvalue weighted by Crippen LogP contribution is 2.32. The fourth-order valence-electron chi connectivity index (χ4n) is 3.84. The Bertz CT molecular complexity index is 1380. The van der Waals surface area contributed by atoms with Gasteiger partial charge in [0.25, 0.3) is 0 Å². The van der Waals surface area contributed by atoms with Crippen LogP contribution in [0.3, 0.4) is 0 Å². The van der Waals surface area contributed by atoms with E-state index in [0.717, 1.165) is 16.7 Å². The lowest BCUT2D eigenvalue weighted by Crippen LogP contribution is -2.19. The van der Waals surface area contributed by atoms with E-state index in [0.29, 0.717) is 33.7 Å². The highest BCUT2D eigenvalue weighted by atomic mass is 16.4. The zero-order valence-electron chi connectivity index (χ0n) is 18.1. The number of rotatable bonds is 5. The number of amidine groups is 1. The SMILES string of the molecule is Cc1cc([C@@H](C)Nc2cccnc2C(N)=NO)c2oc(-c3ccccc3)c(C)c(=O)c2c1. The molecule has 7 heteroatoms. The fraction of sp³-hybridized carbons (Fsp3) is 0.160. The summed E-state index contributed by atoms with van der Waals surface area (Å²) in [6.07, 6.45) is 1.57. The lowest BCUT2D eigenvalue weighted by atomic mass is 9.98. The van der Waals surface area contributed by atoms with Crippen molar-refractivity contribution in [3.8, 4) is 11.3 Å². The van der Waals surface area contributed by atoms with Gasteiger partial charge in [0.2, 0.25) is 0 Å². The number of nitrogens with two attached hydrogens (primary N) is 1. The van der Waals surface area contributed by atoms with Crippen molar-refractivity contribution < 1.29 is 9.62 Å². The Hall–Kier alpha value is -4.13. The topological polar surface area (TPSA) is 114 Å². The third-order valence-electron chi connectivity index (χ3n) is 5.42. The van der Waals surface area contributed by atoms with Gasteiger partial charge in [0.1, 0.15) is 17.0 Å². The van der Waals surface area contributed by atoms with Crippen molar-refractivity contribution in [3.63, 3.8) is 0 Å². The van der Waals surface area contributed by atoms with Crippen molar-refractivity contribution in [2.75, 3.05) is 5.32 Å². The highest BCUT2D eigenvalue weighted by molar-refractivity contribution is 6.00. The molecule has 4 aromatic rings. The van der Waals surface area contributed by atoms with E-state index in [1.807, 2.05) is 56.3 Å². The Morgan fingerprint density at radius 1 is 1.16 bits per heavy atom. The highest BCUT2D eigenvalue weighted by Gasteiger charge is 2.20. The zero-order chi connectivity index (χ0) is 22.8. The number of anilines is 1. The monoisotopic (exact) mass is 428 g/mol. The molecular weight excluding hydrogens is 404 g/mol. The van der Waals surface area contributed by atoms with E-state index < -0.39 is 0 Å². The number of hydrogen-bond acceptors (Lipinski definition) is 6. The molecule has 4 rings (SSSR count). The van der Waals surface area contributed by atoms with Crippen LogP contribution in [0.15, 0.2) is 75.2 Å². The van der Waals surface area contributed by atoms with Crippen LogP contribution in [-0.2, 0) is 0 Å². The molecule has 0 aliphatic rings. The minimum atomic E-state index is -0.263. The minimum absolute atomic E-state index is 0.0546. The standard InChI is InChI=1S/C25H24N4O3/c1-14-12-18(16(3)28-20-10-7-11-27-21(20)25(26)29-31)24-19(13-14)22(30)15(2)23(32-24)17-8-5-4-6-9-17/h4-13,16,28,31H,1-3H3,(H2,26,29)/t16-/m1/s1. The molecule has 2 heterocycles. The van der Waals surface area contributed by atoms with Gasteiger partial charge >= 0.3 is 0 Å². The second-order valence-corrected chi connectivity index (χ2v) is 7.73. The Balaban J connectivity index is 1.88. The van der Waals surface area contributed by atoms with E-state index in [9.17, 15) is 4.79 Å². The number of aromatic nitrogens is 1. The van der Waals surface area contributed by atoms with Crippen LogP contribution in [-0.4, -0.2) is 16.0 Å². The fourth-order valence-corrected chi connectivity index (χ4v) is 3.84. The Morgan fingerprint density at radius 2 is 1.91 bits per heavy atom. The molecule has 0 amide bonds. The molecule has 4 N–H and O–H groups in total. The molecule has 32 heavy (non-hydrogen) atoms. The summed E-state index contributed by atoms with van der Waals surface area (Å²) in [5.74, 6) is 0.460. The molecule has 0 bridgehead atoms.